The van der Waals surface area contributed by atoms with E-state index < -0.39 is 0 Å². The largest absolute Gasteiger partial charge is 0.386 e. The summed E-state index contributed by atoms with van der Waals surface area (Å²) < 4.78 is 0. The van der Waals surface area contributed by atoms with E-state index >= 15 is 0 Å². The van der Waals surface area contributed by atoms with E-state index in [1.54, 1.807) is 43.0 Å². The van der Waals surface area contributed by atoms with Gasteiger partial charge in [0.05, 0.1) is 19.7 Å². The molecule has 0 fully saturated rings. The molecule has 0 aliphatic heterocycles. The molecule has 49 heavy (non-hydrogen) atoms. The number of hydrogen-bond acceptors (Lipinski definition) is 10. The van der Waals surface area contributed by atoms with Crippen molar-refractivity contribution in [1.82, 2.24) is 20.9 Å². The van der Waals surface area contributed by atoms with Crippen LogP contribution in [0.5, 0.6) is 0 Å². The predicted molar refractivity (Wildman–Crippen MR) is 193 cm³/mol. The van der Waals surface area contributed by atoms with Crippen molar-refractivity contribution in [3.8, 4) is 0 Å². The fourth-order valence-corrected chi connectivity index (χ4v) is 3.88. The zero-order valence-electron chi connectivity index (χ0n) is 29.3. The Hall–Kier alpha value is -4.90. The van der Waals surface area contributed by atoms with Gasteiger partial charge in [-0.25, -0.2) is 9.78 Å². The van der Waals surface area contributed by atoms with Crippen LogP contribution in [-0.2, 0) is 32.5 Å². The summed E-state index contributed by atoms with van der Waals surface area (Å²) >= 11 is 0. The number of carbonyl (C=O) groups is 2. The molecule has 0 saturated carbocycles. The molecule has 2 amide bonds. The highest BCUT2D eigenvalue weighted by Crippen LogP contribution is 2.14. The maximum atomic E-state index is 12.9. The first-order valence-corrected chi connectivity index (χ1v) is 15.8. The van der Waals surface area contributed by atoms with Crippen molar-refractivity contribution in [2.75, 3.05) is 33.0 Å². The minimum Gasteiger partial charge on any atom is -0.386 e. The van der Waals surface area contributed by atoms with Gasteiger partial charge < -0.3 is 38.9 Å². The molecule has 0 heterocycles. The smallest absolute Gasteiger partial charge is 0.234 e. The first-order valence-electron chi connectivity index (χ1n) is 15.8. The second-order valence-corrected chi connectivity index (χ2v) is 12.6. The molecule has 2 rings (SSSR count). The SMILES string of the molecule is C/C(N)=N/N=C(\N)c1ccc(CNC(=O)CN(COOCC(C)(C)CNC(C)C)CC(=O)NCc2ccc(/C(N)=N/N=C(/C)N)cc2)cc1. The van der Waals surface area contributed by atoms with E-state index in [9.17, 15) is 9.59 Å². The van der Waals surface area contributed by atoms with Gasteiger partial charge in [-0.2, -0.15) is 0 Å². The molecule has 11 N–H and O–H groups in total. The lowest BCUT2D eigenvalue weighted by atomic mass is 9.95. The number of nitrogens with two attached hydrogens (primary N) is 4. The molecule has 16 nitrogen and oxygen atoms in total. The first-order chi connectivity index (χ1) is 23.1. The lowest BCUT2D eigenvalue weighted by Gasteiger charge is -2.26. The lowest BCUT2D eigenvalue weighted by molar-refractivity contribution is -0.325. The molecule has 2 aromatic rings. The quantitative estimate of drug-likeness (QED) is 0.0259. The minimum absolute atomic E-state index is 0.106. The summed E-state index contributed by atoms with van der Waals surface area (Å²) in [6, 6.07) is 14.7. The summed E-state index contributed by atoms with van der Waals surface area (Å²) in [5.74, 6) is 0.411. The van der Waals surface area contributed by atoms with Crippen LogP contribution in [0.1, 0.15) is 63.8 Å². The van der Waals surface area contributed by atoms with Crippen LogP contribution in [0, 0.1) is 5.41 Å². The van der Waals surface area contributed by atoms with Crippen molar-refractivity contribution in [2.45, 2.75) is 60.7 Å². The van der Waals surface area contributed by atoms with Gasteiger partial charge >= 0.3 is 0 Å². The van der Waals surface area contributed by atoms with E-state index in [0.29, 0.717) is 35.4 Å². The third kappa shape index (κ3) is 17.2. The average Bonchev–Trinajstić information content (AvgIpc) is 3.05. The van der Waals surface area contributed by atoms with Gasteiger partial charge in [-0.15, -0.1) is 20.4 Å². The maximum absolute atomic E-state index is 12.9. The third-order valence-electron chi connectivity index (χ3n) is 6.60. The van der Waals surface area contributed by atoms with E-state index in [0.717, 1.165) is 17.7 Å². The van der Waals surface area contributed by atoms with Crippen LogP contribution < -0.4 is 38.9 Å². The van der Waals surface area contributed by atoms with Crippen LogP contribution in [0.2, 0.25) is 0 Å². The summed E-state index contributed by atoms with van der Waals surface area (Å²) in [5, 5.41) is 24.4. The first kappa shape index (κ1) is 40.3. The Balaban J connectivity index is 1.98. The summed E-state index contributed by atoms with van der Waals surface area (Å²) in [4.78, 5) is 38.4. The zero-order chi connectivity index (χ0) is 36.4. The van der Waals surface area contributed by atoms with Crippen molar-refractivity contribution < 1.29 is 19.4 Å². The third-order valence-corrected chi connectivity index (χ3v) is 6.60. The van der Waals surface area contributed by atoms with E-state index in [-0.39, 0.29) is 61.8 Å². The van der Waals surface area contributed by atoms with Gasteiger partial charge in [-0.05, 0) is 25.0 Å². The molecule has 0 bridgehead atoms. The van der Waals surface area contributed by atoms with Gasteiger partial charge in [0.2, 0.25) is 11.8 Å². The van der Waals surface area contributed by atoms with E-state index in [4.69, 9.17) is 32.7 Å². The number of carbonyl (C=O) groups excluding carboxylic acids is 2. The number of rotatable bonds is 20. The fraction of sp³-hybridized carbons (Fsp3) is 0.455. The van der Waals surface area contributed by atoms with Crippen LogP contribution in [-0.4, -0.2) is 79.1 Å². The molecular formula is C33H52N12O4. The van der Waals surface area contributed by atoms with Gasteiger partial charge in [0.25, 0.3) is 0 Å². The summed E-state index contributed by atoms with van der Waals surface area (Å²) in [5.41, 5.74) is 25.7. The topological polar surface area (TPSA) is 245 Å². The molecule has 0 aliphatic carbocycles. The number of hydrogen-bond donors (Lipinski definition) is 7. The van der Waals surface area contributed by atoms with Crippen molar-refractivity contribution in [3.63, 3.8) is 0 Å². The Bertz CT molecular complexity index is 1370. The molecule has 0 aliphatic rings. The van der Waals surface area contributed by atoms with Crippen LogP contribution in [0.15, 0.2) is 68.9 Å². The average molecular weight is 681 g/mol. The Morgan fingerprint density at radius 1 is 0.735 bits per heavy atom. The zero-order valence-corrected chi connectivity index (χ0v) is 29.3. The van der Waals surface area contributed by atoms with Gasteiger partial charge in [-0.3, -0.25) is 14.5 Å². The van der Waals surface area contributed by atoms with Crippen molar-refractivity contribution in [1.29, 1.82) is 0 Å². The van der Waals surface area contributed by atoms with Crippen LogP contribution in [0.25, 0.3) is 0 Å². The molecule has 0 aromatic heterocycles. The summed E-state index contributed by atoms with van der Waals surface area (Å²) in [6.45, 7) is 12.7. The van der Waals surface area contributed by atoms with E-state index in [1.807, 2.05) is 24.3 Å². The summed E-state index contributed by atoms with van der Waals surface area (Å²) in [6.07, 6.45) is 0. The number of nitrogens with one attached hydrogen (secondary N) is 3. The minimum atomic E-state index is -0.306. The molecule has 16 heteroatoms. The van der Waals surface area contributed by atoms with Crippen molar-refractivity contribution in [2.24, 2.45) is 48.8 Å². The molecular weight excluding hydrogens is 628 g/mol. The number of amides is 2. The number of benzene rings is 2. The van der Waals surface area contributed by atoms with Gasteiger partial charge in [0.1, 0.15) is 18.4 Å². The van der Waals surface area contributed by atoms with Gasteiger partial charge in [-0.1, -0.05) is 76.2 Å². The van der Waals surface area contributed by atoms with Gasteiger partial charge in [0, 0.05) is 42.2 Å². The molecule has 0 radical (unpaired) electrons. The van der Waals surface area contributed by atoms with Crippen LogP contribution in [0.3, 0.4) is 0 Å². The number of amidine groups is 4. The van der Waals surface area contributed by atoms with E-state index in [2.05, 4.69) is 64.1 Å². The van der Waals surface area contributed by atoms with Crippen molar-refractivity contribution >= 4 is 35.2 Å². The lowest BCUT2D eigenvalue weighted by Crippen LogP contribution is -2.44. The monoisotopic (exact) mass is 680 g/mol. The summed E-state index contributed by atoms with van der Waals surface area (Å²) in [7, 11) is 0. The van der Waals surface area contributed by atoms with Crippen LogP contribution >= 0.6 is 0 Å². The number of nitrogens with zero attached hydrogens (tertiary/aromatic N) is 5. The molecule has 0 spiro atoms. The van der Waals surface area contributed by atoms with Gasteiger partial charge in [0.15, 0.2) is 11.7 Å². The maximum Gasteiger partial charge on any atom is 0.234 e. The Morgan fingerprint density at radius 2 is 1.16 bits per heavy atom. The van der Waals surface area contributed by atoms with Crippen LogP contribution in [0.4, 0.5) is 0 Å². The Morgan fingerprint density at radius 3 is 1.55 bits per heavy atom. The van der Waals surface area contributed by atoms with E-state index in [1.165, 1.54) is 0 Å². The molecule has 0 saturated heterocycles. The molecule has 268 valence electrons. The highest BCUT2D eigenvalue weighted by Gasteiger charge is 2.20. The highest BCUT2D eigenvalue weighted by molar-refractivity contribution is 5.98. The molecule has 0 atom stereocenters. The predicted octanol–water partition coefficient (Wildman–Crippen LogP) is 0.846. The fourth-order valence-electron chi connectivity index (χ4n) is 3.88. The van der Waals surface area contributed by atoms with Crippen molar-refractivity contribution in [3.05, 3.63) is 70.8 Å². The second kappa shape index (κ2) is 20.5. The Kier molecular flexibility index (Phi) is 16.8. The normalized spacial score (nSPS) is 13.2. The highest BCUT2D eigenvalue weighted by atomic mass is 17.2. The molecule has 0 unspecified atom stereocenters. The second-order valence-electron chi connectivity index (χ2n) is 12.6. The molecule has 2 aromatic carbocycles. The standard InChI is InChI=1S/C33H52N12O4/c1-22(2)40-19-33(5,6)20-48-49-21-45(17-29(46)38-15-25-7-11-27(12-8-25)31(36)43-41-23(3)34)18-30(47)39-16-26-9-13-28(14-10-26)32(37)44-42-24(4)35/h7-14,22,40H,15-21H2,1-6H3,(H2,34,41)(H2,35,42)(H2,36,43)(H2,37,44)(H,38,46)(H,39,47). The Labute approximate surface area is 288 Å².